The number of hydrogen-bond donors (Lipinski definition) is 1. The molecule has 1 aliphatic heterocycles. The summed E-state index contributed by atoms with van der Waals surface area (Å²) in [5, 5.41) is 7.57. The molecular formula is C12H22N4O. The van der Waals surface area contributed by atoms with Gasteiger partial charge in [0.05, 0.1) is 6.10 Å². The molecule has 5 nitrogen and oxygen atoms in total. The number of aryl methyl sites for hydroxylation is 1. The summed E-state index contributed by atoms with van der Waals surface area (Å²) in [6.07, 6.45) is 4.16. The third-order valence-electron chi connectivity index (χ3n) is 3.31. The molecule has 0 bridgehead atoms. The fourth-order valence-electron chi connectivity index (χ4n) is 2.16. The standard InChI is InChI=1S/C12H22N4O/c1-3-6-16-12(14-9-15-16)8-17-11-7-13-5-4-10(11)2/h9-11,13H,3-8H2,1-2H3. The Balaban J connectivity index is 1.86. The quantitative estimate of drug-likeness (QED) is 0.837. The molecule has 0 aliphatic carbocycles. The van der Waals surface area contributed by atoms with Crippen LogP contribution in [0, 0.1) is 5.92 Å². The van der Waals surface area contributed by atoms with Crippen LogP contribution in [0.4, 0.5) is 0 Å². The summed E-state index contributed by atoms with van der Waals surface area (Å²) in [4.78, 5) is 4.25. The van der Waals surface area contributed by atoms with Crippen LogP contribution in [-0.4, -0.2) is 34.0 Å². The summed E-state index contributed by atoms with van der Waals surface area (Å²) < 4.78 is 7.87. The van der Waals surface area contributed by atoms with E-state index in [2.05, 4.69) is 29.2 Å². The Labute approximate surface area is 103 Å². The van der Waals surface area contributed by atoms with Gasteiger partial charge in [-0.1, -0.05) is 13.8 Å². The van der Waals surface area contributed by atoms with Crippen LogP contribution in [0.3, 0.4) is 0 Å². The average Bonchev–Trinajstić information content (AvgIpc) is 2.76. The SMILES string of the molecule is CCCn1ncnc1COC1CNCCC1C. The minimum absolute atomic E-state index is 0.301. The molecule has 17 heavy (non-hydrogen) atoms. The zero-order valence-electron chi connectivity index (χ0n) is 10.7. The number of hydrogen-bond acceptors (Lipinski definition) is 4. The summed E-state index contributed by atoms with van der Waals surface area (Å²) in [5.74, 6) is 1.56. The van der Waals surface area contributed by atoms with Crippen molar-refractivity contribution in [1.29, 1.82) is 0 Å². The first-order valence-electron chi connectivity index (χ1n) is 6.50. The lowest BCUT2D eigenvalue weighted by Gasteiger charge is -2.29. The molecule has 0 amide bonds. The third-order valence-corrected chi connectivity index (χ3v) is 3.31. The minimum atomic E-state index is 0.301. The van der Waals surface area contributed by atoms with E-state index in [1.807, 2.05) is 4.68 Å². The molecule has 0 radical (unpaired) electrons. The van der Waals surface area contributed by atoms with Crippen molar-refractivity contribution >= 4 is 0 Å². The second-order valence-electron chi connectivity index (χ2n) is 4.72. The first-order chi connectivity index (χ1) is 8.31. The monoisotopic (exact) mass is 238 g/mol. The maximum atomic E-state index is 5.94. The first-order valence-corrected chi connectivity index (χ1v) is 6.50. The summed E-state index contributed by atoms with van der Waals surface area (Å²) in [6.45, 7) is 7.92. The Morgan fingerprint density at radius 1 is 1.59 bits per heavy atom. The summed E-state index contributed by atoms with van der Waals surface area (Å²) in [5.41, 5.74) is 0. The molecule has 1 aliphatic rings. The average molecular weight is 238 g/mol. The molecule has 2 rings (SSSR count). The van der Waals surface area contributed by atoms with Crippen molar-refractivity contribution in [3.05, 3.63) is 12.2 Å². The number of aromatic nitrogens is 3. The van der Waals surface area contributed by atoms with E-state index in [0.29, 0.717) is 18.6 Å². The van der Waals surface area contributed by atoms with Crippen LogP contribution in [-0.2, 0) is 17.9 Å². The highest BCUT2D eigenvalue weighted by Crippen LogP contribution is 2.16. The fraction of sp³-hybridized carbons (Fsp3) is 0.833. The zero-order chi connectivity index (χ0) is 12.1. The maximum Gasteiger partial charge on any atom is 0.152 e. The van der Waals surface area contributed by atoms with Gasteiger partial charge in [0.1, 0.15) is 12.9 Å². The molecule has 96 valence electrons. The van der Waals surface area contributed by atoms with Crippen molar-refractivity contribution < 1.29 is 4.74 Å². The highest BCUT2D eigenvalue weighted by atomic mass is 16.5. The molecule has 1 aromatic heterocycles. The van der Waals surface area contributed by atoms with E-state index in [9.17, 15) is 0 Å². The first kappa shape index (κ1) is 12.5. The molecule has 1 fully saturated rings. The second-order valence-corrected chi connectivity index (χ2v) is 4.72. The largest absolute Gasteiger partial charge is 0.369 e. The van der Waals surface area contributed by atoms with Crippen molar-refractivity contribution in [2.75, 3.05) is 13.1 Å². The maximum absolute atomic E-state index is 5.94. The van der Waals surface area contributed by atoms with Crippen LogP contribution in [0.25, 0.3) is 0 Å². The van der Waals surface area contributed by atoms with Gasteiger partial charge in [-0.2, -0.15) is 5.10 Å². The number of nitrogens with one attached hydrogen (secondary N) is 1. The highest BCUT2D eigenvalue weighted by molar-refractivity contribution is 4.83. The topological polar surface area (TPSA) is 52.0 Å². The lowest BCUT2D eigenvalue weighted by atomic mass is 9.97. The van der Waals surface area contributed by atoms with E-state index in [4.69, 9.17) is 4.74 Å². The second kappa shape index (κ2) is 6.12. The predicted octanol–water partition coefficient (Wildman–Crippen LogP) is 1.20. The van der Waals surface area contributed by atoms with E-state index in [0.717, 1.165) is 31.9 Å². The number of nitrogens with zero attached hydrogens (tertiary/aromatic N) is 3. The van der Waals surface area contributed by atoms with E-state index in [1.165, 1.54) is 6.42 Å². The van der Waals surface area contributed by atoms with E-state index in [1.54, 1.807) is 6.33 Å². The Kier molecular flexibility index (Phi) is 4.50. The molecular weight excluding hydrogens is 216 g/mol. The summed E-state index contributed by atoms with van der Waals surface area (Å²) in [6, 6.07) is 0. The van der Waals surface area contributed by atoms with Crippen LogP contribution < -0.4 is 5.32 Å². The smallest absolute Gasteiger partial charge is 0.152 e. The number of ether oxygens (including phenoxy) is 1. The van der Waals surface area contributed by atoms with Gasteiger partial charge in [-0.25, -0.2) is 9.67 Å². The highest BCUT2D eigenvalue weighted by Gasteiger charge is 2.22. The van der Waals surface area contributed by atoms with Gasteiger partial charge in [-0.05, 0) is 25.3 Å². The zero-order valence-corrected chi connectivity index (χ0v) is 10.7. The number of rotatable bonds is 5. The fourth-order valence-corrected chi connectivity index (χ4v) is 2.16. The van der Waals surface area contributed by atoms with Crippen molar-refractivity contribution in [3.63, 3.8) is 0 Å². The molecule has 0 saturated carbocycles. The van der Waals surface area contributed by atoms with Crippen molar-refractivity contribution in [1.82, 2.24) is 20.1 Å². The lowest BCUT2D eigenvalue weighted by Crippen LogP contribution is -2.41. The van der Waals surface area contributed by atoms with Gasteiger partial charge in [-0.3, -0.25) is 0 Å². The number of piperidine rings is 1. The lowest BCUT2D eigenvalue weighted by molar-refractivity contribution is -0.0109. The van der Waals surface area contributed by atoms with Gasteiger partial charge in [0.2, 0.25) is 0 Å². The Morgan fingerprint density at radius 2 is 2.47 bits per heavy atom. The molecule has 0 spiro atoms. The Hall–Kier alpha value is -0.940. The van der Waals surface area contributed by atoms with Gasteiger partial charge in [0.15, 0.2) is 5.82 Å². The molecule has 5 heteroatoms. The van der Waals surface area contributed by atoms with E-state index >= 15 is 0 Å². The van der Waals surface area contributed by atoms with Gasteiger partial charge in [0.25, 0.3) is 0 Å². The van der Waals surface area contributed by atoms with E-state index < -0.39 is 0 Å². The Bertz CT molecular complexity index is 339. The van der Waals surface area contributed by atoms with Crippen LogP contribution in [0.2, 0.25) is 0 Å². The van der Waals surface area contributed by atoms with Crippen LogP contribution >= 0.6 is 0 Å². The summed E-state index contributed by atoms with van der Waals surface area (Å²) >= 11 is 0. The molecule has 1 N–H and O–H groups in total. The van der Waals surface area contributed by atoms with Crippen molar-refractivity contribution in [2.24, 2.45) is 5.92 Å². The minimum Gasteiger partial charge on any atom is -0.369 e. The molecule has 1 saturated heterocycles. The van der Waals surface area contributed by atoms with Crippen LogP contribution in [0.5, 0.6) is 0 Å². The van der Waals surface area contributed by atoms with Crippen LogP contribution in [0.15, 0.2) is 6.33 Å². The van der Waals surface area contributed by atoms with Gasteiger partial charge in [0, 0.05) is 13.1 Å². The van der Waals surface area contributed by atoms with E-state index in [-0.39, 0.29) is 0 Å². The normalized spacial score (nSPS) is 25.1. The Morgan fingerprint density at radius 3 is 3.24 bits per heavy atom. The molecule has 1 aromatic rings. The molecule has 2 unspecified atom stereocenters. The van der Waals surface area contributed by atoms with Gasteiger partial charge >= 0.3 is 0 Å². The van der Waals surface area contributed by atoms with Crippen molar-refractivity contribution in [3.8, 4) is 0 Å². The van der Waals surface area contributed by atoms with Crippen molar-refractivity contribution in [2.45, 2.75) is 45.9 Å². The van der Waals surface area contributed by atoms with Crippen LogP contribution in [0.1, 0.15) is 32.5 Å². The third kappa shape index (κ3) is 3.26. The molecule has 0 aromatic carbocycles. The molecule has 2 heterocycles. The summed E-state index contributed by atoms with van der Waals surface area (Å²) in [7, 11) is 0. The van der Waals surface area contributed by atoms with Gasteiger partial charge in [-0.15, -0.1) is 0 Å². The molecule has 2 atom stereocenters. The van der Waals surface area contributed by atoms with Gasteiger partial charge < -0.3 is 10.1 Å². The predicted molar refractivity (Wildman–Crippen MR) is 65.5 cm³/mol.